The number of rotatable bonds is 12. The molecule has 114 valence electrons. The van der Waals surface area contributed by atoms with Gasteiger partial charge in [-0.3, -0.25) is 4.79 Å². The third-order valence-corrected chi connectivity index (χ3v) is 3.79. The van der Waals surface area contributed by atoms with E-state index in [0.29, 0.717) is 19.6 Å². The zero-order chi connectivity index (χ0) is 14.5. The second kappa shape index (κ2) is 12.9. The Morgan fingerprint density at radius 1 is 1.16 bits per heavy atom. The van der Waals surface area contributed by atoms with Gasteiger partial charge >= 0.3 is 0 Å². The summed E-state index contributed by atoms with van der Waals surface area (Å²) in [6, 6.07) is 0. The van der Waals surface area contributed by atoms with Crippen LogP contribution in [0.1, 0.15) is 58.3 Å². The van der Waals surface area contributed by atoms with Crippen LogP contribution >= 0.6 is 15.9 Å². The Kier molecular flexibility index (Phi) is 12.9. The summed E-state index contributed by atoms with van der Waals surface area (Å²) in [4.78, 5) is 13.9. The summed E-state index contributed by atoms with van der Waals surface area (Å²) in [5.74, 6) is 0.245. The number of carbonyl (C=O) groups excluding carboxylic acids is 1. The van der Waals surface area contributed by atoms with Crippen molar-refractivity contribution in [3.8, 4) is 0 Å². The molecular formula is C15H30BrNO2. The summed E-state index contributed by atoms with van der Waals surface area (Å²) in [5, 5.41) is 0. The molecule has 3 nitrogen and oxygen atoms in total. The maximum absolute atomic E-state index is 11.9. The molecular weight excluding hydrogens is 306 g/mol. The van der Waals surface area contributed by atoms with Gasteiger partial charge in [0, 0.05) is 27.1 Å². The minimum atomic E-state index is 0.223. The fourth-order valence-electron chi connectivity index (χ4n) is 2.06. The van der Waals surface area contributed by atoms with Crippen molar-refractivity contribution in [3.63, 3.8) is 0 Å². The second-order valence-corrected chi connectivity index (χ2v) is 6.49. The highest BCUT2D eigenvalue weighted by atomic mass is 79.9. The Balaban J connectivity index is 3.51. The van der Waals surface area contributed by atoms with Crippen LogP contribution < -0.4 is 0 Å². The van der Waals surface area contributed by atoms with Gasteiger partial charge in [-0.15, -0.1) is 0 Å². The Hall–Kier alpha value is -0.0900. The molecule has 0 N–H and O–H groups in total. The summed E-state index contributed by atoms with van der Waals surface area (Å²) >= 11 is 3.51. The number of amides is 1. The molecule has 0 aromatic rings. The number of halogens is 1. The highest BCUT2D eigenvalue weighted by Crippen LogP contribution is 2.10. The van der Waals surface area contributed by atoms with Crippen LogP contribution in [-0.2, 0) is 9.53 Å². The average Bonchev–Trinajstić information content (AvgIpc) is 2.37. The molecule has 0 aliphatic heterocycles. The van der Waals surface area contributed by atoms with E-state index in [1.807, 2.05) is 7.05 Å². The van der Waals surface area contributed by atoms with Crippen molar-refractivity contribution >= 4 is 21.8 Å². The molecule has 1 unspecified atom stereocenters. The monoisotopic (exact) mass is 335 g/mol. The van der Waals surface area contributed by atoms with Gasteiger partial charge in [0.25, 0.3) is 0 Å². The van der Waals surface area contributed by atoms with Gasteiger partial charge in [-0.05, 0) is 6.42 Å². The van der Waals surface area contributed by atoms with Crippen LogP contribution in [0, 0.1) is 0 Å². The Morgan fingerprint density at radius 3 is 2.32 bits per heavy atom. The van der Waals surface area contributed by atoms with Crippen LogP contribution in [0.3, 0.4) is 0 Å². The molecule has 0 aromatic carbocycles. The largest absolute Gasteiger partial charge is 0.383 e. The van der Waals surface area contributed by atoms with Crippen molar-refractivity contribution in [2.75, 3.05) is 27.3 Å². The Bertz CT molecular complexity index is 224. The van der Waals surface area contributed by atoms with Crippen LogP contribution in [0.2, 0.25) is 0 Å². The standard InChI is InChI=1S/C15H30BrNO2/c1-4-5-6-7-8-9-10-11-15(18)17(2)12-14(16)13-19-3/h14H,4-13H2,1-3H3. The number of methoxy groups -OCH3 is 1. The first-order valence-electron chi connectivity index (χ1n) is 7.48. The second-order valence-electron chi connectivity index (χ2n) is 5.20. The minimum absolute atomic E-state index is 0.223. The lowest BCUT2D eigenvalue weighted by Crippen LogP contribution is -2.33. The van der Waals surface area contributed by atoms with Crippen LogP contribution in [0.15, 0.2) is 0 Å². The van der Waals surface area contributed by atoms with Gasteiger partial charge in [-0.25, -0.2) is 0 Å². The molecule has 0 aromatic heterocycles. The molecule has 1 atom stereocenters. The maximum atomic E-state index is 11.9. The van der Waals surface area contributed by atoms with Crippen molar-refractivity contribution in [1.29, 1.82) is 0 Å². The summed E-state index contributed by atoms with van der Waals surface area (Å²) < 4.78 is 5.04. The summed E-state index contributed by atoms with van der Waals surface area (Å²) in [6.45, 7) is 3.58. The third-order valence-electron chi connectivity index (χ3n) is 3.24. The fraction of sp³-hybridized carbons (Fsp3) is 0.933. The Labute approximate surface area is 127 Å². The highest BCUT2D eigenvalue weighted by molar-refractivity contribution is 9.09. The van der Waals surface area contributed by atoms with E-state index in [2.05, 4.69) is 22.9 Å². The number of ether oxygens (including phenoxy) is 1. The minimum Gasteiger partial charge on any atom is -0.383 e. The quantitative estimate of drug-likeness (QED) is 0.398. The van der Waals surface area contributed by atoms with E-state index in [1.165, 1.54) is 38.5 Å². The number of hydrogen-bond acceptors (Lipinski definition) is 2. The molecule has 0 fully saturated rings. The molecule has 0 spiro atoms. The Morgan fingerprint density at radius 2 is 1.74 bits per heavy atom. The van der Waals surface area contributed by atoms with E-state index in [4.69, 9.17) is 4.74 Å². The van der Waals surface area contributed by atoms with Crippen LogP contribution in [0.4, 0.5) is 0 Å². The third kappa shape index (κ3) is 11.4. The lowest BCUT2D eigenvalue weighted by molar-refractivity contribution is -0.130. The van der Waals surface area contributed by atoms with Gasteiger partial charge in [-0.1, -0.05) is 61.4 Å². The smallest absolute Gasteiger partial charge is 0.222 e. The number of alkyl halides is 1. The molecule has 0 saturated carbocycles. The number of hydrogen-bond donors (Lipinski definition) is 0. The molecule has 0 radical (unpaired) electrons. The summed E-state index contributed by atoms with van der Waals surface area (Å²) in [6.07, 6.45) is 9.43. The van der Waals surface area contributed by atoms with Crippen molar-refractivity contribution < 1.29 is 9.53 Å². The van der Waals surface area contributed by atoms with E-state index in [9.17, 15) is 4.79 Å². The predicted molar refractivity (Wildman–Crippen MR) is 84.8 cm³/mol. The molecule has 4 heteroatoms. The van der Waals surface area contributed by atoms with Gasteiger partial charge < -0.3 is 9.64 Å². The van der Waals surface area contributed by atoms with Crippen molar-refractivity contribution in [2.45, 2.75) is 63.1 Å². The molecule has 1 amide bonds. The van der Waals surface area contributed by atoms with Crippen molar-refractivity contribution in [1.82, 2.24) is 4.90 Å². The molecule has 19 heavy (non-hydrogen) atoms. The van der Waals surface area contributed by atoms with Gasteiger partial charge in [-0.2, -0.15) is 0 Å². The molecule has 0 heterocycles. The first-order chi connectivity index (χ1) is 9.11. The van der Waals surface area contributed by atoms with Gasteiger partial charge in [0.2, 0.25) is 5.91 Å². The van der Waals surface area contributed by atoms with E-state index in [1.54, 1.807) is 12.0 Å². The first-order valence-corrected chi connectivity index (χ1v) is 8.40. The van der Waals surface area contributed by atoms with E-state index >= 15 is 0 Å². The summed E-state index contributed by atoms with van der Waals surface area (Å²) in [5.41, 5.74) is 0. The maximum Gasteiger partial charge on any atom is 0.222 e. The highest BCUT2D eigenvalue weighted by Gasteiger charge is 2.12. The average molecular weight is 336 g/mol. The van der Waals surface area contributed by atoms with E-state index in [0.717, 1.165) is 6.42 Å². The summed E-state index contributed by atoms with van der Waals surface area (Å²) in [7, 11) is 3.54. The van der Waals surface area contributed by atoms with Crippen LogP contribution in [0.25, 0.3) is 0 Å². The van der Waals surface area contributed by atoms with Gasteiger partial charge in [0.15, 0.2) is 0 Å². The molecule has 0 rings (SSSR count). The van der Waals surface area contributed by atoms with Crippen LogP contribution in [0.5, 0.6) is 0 Å². The molecule has 0 aliphatic carbocycles. The SMILES string of the molecule is CCCCCCCCCC(=O)N(C)CC(Br)COC. The van der Waals surface area contributed by atoms with E-state index < -0.39 is 0 Å². The fourth-order valence-corrected chi connectivity index (χ4v) is 2.76. The van der Waals surface area contributed by atoms with Crippen LogP contribution in [-0.4, -0.2) is 42.9 Å². The van der Waals surface area contributed by atoms with Gasteiger partial charge in [0.1, 0.15) is 0 Å². The predicted octanol–water partition coefficient (Wildman–Crippen LogP) is 4.00. The zero-order valence-electron chi connectivity index (χ0n) is 12.8. The lowest BCUT2D eigenvalue weighted by atomic mass is 10.1. The topological polar surface area (TPSA) is 29.5 Å². The molecule has 0 bridgehead atoms. The van der Waals surface area contributed by atoms with E-state index in [-0.39, 0.29) is 10.7 Å². The lowest BCUT2D eigenvalue weighted by Gasteiger charge is -2.20. The van der Waals surface area contributed by atoms with Gasteiger partial charge in [0.05, 0.1) is 11.4 Å². The normalized spacial score (nSPS) is 12.4. The number of carbonyl (C=O) groups is 1. The van der Waals surface area contributed by atoms with Crippen molar-refractivity contribution in [3.05, 3.63) is 0 Å². The first kappa shape index (κ1) is 18.9. The zero-order valence-corrected chi connectivity index (χ0v) is 14.4. The van der Waals surface area contributed by atoms with Crippen molar-refractivity contribution in [2.24, 2.45) is 0 Å². The number of nitrogens with zero attached hydrogens (tertiary/aromatic N) is 1. The molecule has 0 saturated heterocycles. The number of unbranched alkanes of at least 4 members (excludes halogenated alkanes) is 6. The molecule has 0 aliphatic rings.